The molecule has 5 heteroatoms. The molecular formula is C20H24ClNO3. The molecule has 0 saturated carbocycles. The van der Waals surface area contributed by atoms with Crippen LogP contribution in [-0.4, -0.2) is 19.1 Å². The molecule has 1 N–H and O–H groups in total. The molecule has 0 bridgehead atoms. The van der Waals surface area contributed by atoms with E-state index >= 15 is 0 Å². The molecular weight excluding hydrogens is 338 g/mol. The molecule has 2 aromatic carbocycles. The van der Waals surface area contributed by atoms with Crippen LogP contribution in [0.2, 0.25) is 5.02 Å². The molecule has 0 aliphatic rings. The van der Waals surface area contributed by atoms with Crippen molar-refractivity contribution in [2.24, 2.45) is 5.92 Å². The third kappa shape index (κ3) is 5.13. The van der Waals surface area contributed by atoms with Crippen molar-refractivity contribution in [3.8, 4) is 11.5 Å². The van der Waals surface area contributed by atoms with Crippen molar-refractivity contribution >= 4 is 17.5 Å². The first kappa shape index (κ1) is 19.1. The van der Waals surface area contributed by atoms with E-state index in [0.717, 1.165) is 5.56 Å². The molecule has 2 aromatic rings. The second-order valence-corrected chi connectivity index (χ2v) is 6.66. The van der Waals surface area contributed by atoms with E-state index in [-0.39, 0.29) is 11.9 Å². The van der Waals surface area contributed by atoms with E-state index in [1.165, 1.54) is 0 Å². The number of rotatable bonds is 7. The average Bonchev–Trinajstić information content (AvgIpc) is 2.60. The van der Waals surface area contributed by atoms with Crippen molar-refractivity contribution in [3.05, 3.63) is 58.6 Å². The number of hydrogen-bond donors (Lipinski definition) is 1. The number of nitrogens with one attached hydrogen (secondary N) is 1. The van der Waals surface area contributed by atoms with Crippen LogP contribution in [0.3, 0.4) is 0 Å². The molecule has 0 fully saturated rings. The standard InChI is InChI=1S/C20H24ClNO3/c1-13(2)14(3)22-20(23)15-9-10-18(19(11-15)24-4)25-12-16-7-5-6-8-17(16)21/h5-11,13-14H,12H2,1-4H3,(H,22,23). The van der Waals surface area contributed by atoms with Crippen LogP contribution in [0.4, 0.5) is 0 Å². The van der Waals surface area contributed by atoms with Crippen LogP contribution in [0.25, 0.3) is 0 Å². The largest absolute Gasteiger partial charge is 0.493 e. The van der Waals surface area contributed by atoms with E-state index in [4.69, 9.17) is 21.1 Å². The number of methoxy groups -OCH3 is 1. The van der Waals surface area contributed by atoms with Gasteiger partial charge in [-0.15, -0.1) is 0 Å². The summed E-state index contributed by atoms with van der Waals surface area (Å²) in [5, 5.41) is 3.63. The molecule has 0 heterocycles. The van der Waals surface area contributed by atoms with E-state index < -0.39 is 0 Å². The minimum absolute atomic E-state index is 0.0923. The number of amides is 1. The van der Waals surface area contributed by atoms with Crippen LogP contribution in [-0.2, 0) is 6.61 Å². The Morgan fingerprint density at radius 2 is 1.84 bits per heavy atom. The molecule has 2 rings (SSSR count). The van der Waals surface area contributed by atoms with Gasteiger partial charge in [0.2, 0.25) is 0 Å². The lowest BCUT2D eigenvalue weighted by Gasteiger charge is -2.18. The number of hydrogen-bond acceptors (Lipinski definition) is 3. The van der Waals surface area contributed by atoms with Gasteiger partial charge in [-0.1, -0.05) is 43.6 Å². The molecule has 1 amide bonds. The Balaban J connectivity index is 2.11. The molecule has 0 spiro atoms. The quantitative estimate of drug-likeness (QED) is 0.777. The SMILES string of the molecule is COc1cc(C(=O)NC(C)C(C)C)ccc1OCc1ccccc1Cl. The van der Waals surface area contributed by atoms with Gasteiger partial charge in [-0.2, -0.15) is 0 Å². The molecule has 0 aliphatic heterocycles. The summed E-state index contributed by atoms with van der Waals surface area (Å²) >= 11 is 6.14. The lowest BCUT2D eigenvalue weighted by atomic mass is 10.1. The summed E-state index contributed by atoms with van der Waals surface area (Å²) in [6, 6.07) is 12.8. The van der Waals surface area contributed by atoms with E-state index in [1.54, 1.807) is 25.3 Å². The highest BCUT2D eigenvalue weighted by molar-refractivity contribution is 6.31. The van der Waals surface area contributed by atoms with Crippen molar-refractivity contribution < 1.29 is 14.3 Å². The Bertz CT molecular complexity index is 731. The van der Waals surface area contributed by atoms with Crippen LogP contribution >= 0.6 is 11.6 Å². The summed E-state index contributed by atoms with van der Waals surface area (Å²) < 4.78 is 11.2. The first-order chi connectivity index (χ1) is 11.9. The predicted molar refractivity (Wildman–Crippen MR) is 101 cm³/mol. The van der Waals surface area contributed by atoms with Crippen LogP contribution in [0, 0.1) is 5.92 Å². The Morgan fingerprint density at radius 3 is 2.48 bits per heavy atom. The van der Waals surface area contributed by atoms with E-state index in [1.807, 2.05) is 31.2 Å². The number of benzene rings is 2. The zero-order valence-electron chi connectivity index (χ0n) is 15.0. The highest BCUT2D eigenvalue weighted by Crippen LogP contribution is 2.29. The van der Waals surface area contributed by atoms with E-state index in [2.05, 4.69) is 19.2 Å². The minimum Gasteiger partial charge on any atom is -0.493 e. The first-order valence-corrected chi connectivity index (χ1v) is 8.65. The minimum atomic E-state index is -0.128. The first-order valence-electron chi connectivity index (χ1n) is 8.27. The van der Waals surface area contributed by atoms with Gasteiger partial charge >= 0.3 is 0 Å². The van der Waals surface area contributed by atoms with Crippen LogP contribution in [0.15, 0.2) is 42.5 Å². The van der Waals surface area contributed by atoms with Crippen LogP contribution in [0.5, 0.6) is 11.5 Å². The Hall–Kier alpha value is -2.20. The molecule has 0 saturated heterocycles. The van der Waals surface area contributed by atoms with Gasteiger partial charge in [0.05, 0.1) is 7.11 Å². The van der Waals surface area contributed by atoms with Gasteiger partial charge in [-0.05, 0) is 37.1 Å². The van der Waals surface area contributed by atoms with Gasteiger partial charge in [0.25, 0.3) is 5.91 Å². The summed E-state index contributed by atoms with van der Waals surface area (Å²) in [6.07, 6.45) is 0. The normalized spacial score (nSPS) is 11.9. The molecule has 4 nitrogen and oxygen atoms in total. The molecule has 25 heavy (non-hydrogen) atoms. The van der Waals surface area contributed by atoms with Crippen molar-refractivity contribution in [2.45, 2.75) is 33.4 Å². The smallest absolute Gasteiger partial charge is 0.251 e. The van der Waals surface area contributed by atoms with E-state index in [9.17, 15) is 4.79 Å². The maximum atomic E-state index is 12.3. The van der Waals surface area contributed by atoms with Crippen molar-refractivity contribution in [3.63, 3.8) is 0 Å². The van der Waals surface area contributed by atoms with Gasteiger partial charge in [-0.25, -0.2) is 0 Å². The zero-order chi connectivity index (χ0) is 18.4. The third-order valence-corrected chi connectivity index (χ3v) is 4.49. The van der Waals surface area contributed by atoms with Gasteiger partial charge in [-0.3, -0.25) is 4.79 Å². The van der Waals surface area contributed by atoms with Crippen molar-refractivity contribution in [2.75, 3.05) is 7.11 Å². The second-order valence-electron chi connectivity index (χ2n) is 6.25. The average molecular weight is 362 g/mol. The Kier molecular flexibility index (Phi) is 6.71. The van der Waals surface area contributed by atoms with Crippen LogP contribution < -0.4 is 14.8 Å². The van der Waals surface area contributed by atoms with Crippen molar-refractivity contribution in [1.29, 1.82) is 0 Å². The summed E-state index contributed by atoms with van der Waals surface area (Å²) in [7, 11) is 1.55. The highest BCUT2D eigenvalue weighted by Gasteiger charge is 2.15. The van der Waals surface area contributed by atoms with Gasteiger partial charge in [0, 0.05) is 22.2 Å². The Labute approximate surface area is 154 Å². The summed E-state index contributed by atoms with van der Waals surface area (Å²) in [4.78, 5) is 12.3. The fourth-order valence-electron chi connectivity index (χ4n) is 2.16. The third-order valence-electron chi connectivity index (χ3n) is 4.13. The maximum absolute atomic E-state index is 12.3. The van der Waals surface area contributed by atoms with Gasteiger partial charge < -0.3 is 14.8 Å². The van der Waals surface area contributed by atoms with Crippen LogP contribution in [0.1, 0.15) is 36.7 Å². The fourth-order valence-corrected chi connectivity index (χ4v) is 2.35. The topological polar surface area (TPSA) is 47.6 Å². The summed E-state index contributed by atoms with van der Waals surface area (Å²) in [5.74, 6) is 1.31. The summed E-state index contributed by atoms with van der Waals surface area (Å²) in [5.41, 5.74) is 1.42. The second kappa shape index (κ2) is 8.77. The molecule has 1 atom stereocenters. The van der Waals surface area contributed by atoms with Gasteiger partial charge in [0.1, 0.15) is 6.61 Å². The molecule has 0 radical (unpaired) electrons. The number of carbonyl (C=O) groups excluding carboxylic acids is 1. The number of carbonyl (C=O) groups is 1. The van der Waals surface area contributed by atoms with Gasteiger partial charge in [0.15, 0.2) is 11.5 Å². The fraction of sp³-hybridized carbons (Fsp3) is 0.350. The predicted octanol–water partition coefficient (Wildman–Crippen LogP) is 4.70. The number of halogens is 1. The molecule has 0 aromatic heterocycles. The highest BCUT2D eigenvalue weighted by atomic mass is 35.5. The Morgan fingerprint density at radius 1 is 1.12 bits per heavy atom. The lowest BCUT2D eigenvalue weighted by molar-refractivity contribution is 0.0930. The molecule has 1 unspecified atom stereocenters. The maximum Gasteiger partial charge on any atom is 0.251 e. The van der Waals surface area contributed by atoms with E-state index in [0.29, 0.717) is 34.6 Å². The zero-order valence-corrected chi connectivity index (χ0v) is 15.8. The monoisotopic (exact) mass is 361 g/mol. The molecule has 134 valence electrons. The lowest BCUT2D eigenvalue weighted by Crippen LogP contribution is -2.36. The molecule has 0 aliphatic carbocycles. The van der Waals surface area contributed by atoms with Crippen molar-refractivity contribution in [1.82, 2.24) is 5.32 Å². The number of ether oxygens (including phenoxy) is 2. The summed E-state index contributed by atoms with van der Waals surface area (Å²) in [6.45, 7) is 6.45.